The molecule has 0 spiro atoms. The second kappa shape index (κ2) is 7.29. The van der Waals surface area contributed by atoms with Crippen molar-refractivity contribution in [2.45, 2.75) is 45.3 Å². The lowest BCUT2D eigenvalue weighted by Gasteiger charge is -2.16. The molecule has 4 nitrogen and oxygen atoms in total. The van der Waals surface area contributed by atoms with E-state index in [2.05, 4.69) is 0 Å². The maximum Gasteiger partial charge on any atom is 0.391 e. The van der Waals surface area contributed by atoms with Gasteiger partial charge in [-0.2, -0.15) is 13.2 Å². The zero-order valence-corrected chi connectivity index (χ0v) is 12.3. The third-order valence-corrected chi connectivity index (χ3v) is 2.99. The quantitative estimate of drug-likeness (QED) is 0.848. The van der Waals surface area contributed by atoms with Gasteiger partial charge in [0, 0.05) is 6.42 Å². The van der Waals surface area contributed by atoms with Gasteiger partial charge in [-0.3, -0.25) is 4.79 Å². The van der Waals surface area contributed by atoms with Gasteiger partial charge in [0.25, 0.3) is 0 Å². The molecule has 1 rings (SSSR count). The minimum absolute atomic E-state index is 0.0649. The molecule has 0 aliphatic heterocycles. The molecule has 0 saturated carbocycles. The van der Waals surface area contributed by atoms with Gasteiger partial charge in [-0.05, 0) is 25.8 Å². The molecule has 0 fully saturated rings. The van der Waals surface area contributed by atoms with Gasteiger partial charge in [-0.25, -0.2) is 4.79 Å². The molecular weight excluding hydrogens is 299 g/mol. The Morgan fingerprint density at radius 1 is 1.18 bits per heavy atom. The molecule has 1 amide bonds. The maximum absolute atomic E-state index is 12.2. The number of halogens is 3. The Morgan fingerprint density at radius 2 is 1.73 bits per heavy atom. The molecule has 0 radical (unpaired) electrons. The van der Waals surface area contributed by atoms with Crippen LogP contribution in [-0.2, 0) is 16.0 Å². The average Bonchev–Trinajstić information content (AvgIpc) is 2.32. The summed E-state index contributed by atoms with van der Waals surface area (Å²) in [4.78, 5) is 22.4. The molecule has 0 aromatic heterocycles. The van der Waals surface area contributed by atoms with E-state index in [-0.39, 0.29) is 6.42 Å². The summed E-state index contributed by atoms with van der Waals surface area (Å²) in [5.74, 6) is -2.41. The minimum Gasteiger partial charge on any atom is -0.480 e. The number of nitrogens with one attached hydrogen (secondary N) is 1. The fourth-order valence-corrected chi connectivity index (χ4v) is 2.17. The fourth-order valence-electron chi connectivity index (χ4n) is 2.17. The maximum atomic E-state index is 12.2. The molecule has 7 heteroatoms. The van der Waals surface area contributed by atoms with Crippen LogP contribution < -0.4 is 5.32 Å². The molecule has 1 atom stereocenters. The predicted octanol–water partition coefficient (Wildman–Crippen LogP) is 2.76. The summed E-state index contributed by atoms with van der Waals surface area (Å²) in [5, 5.41) is 10.6. The van der Waals surface area contributed by atoms with E-state index < -0.39 is 30.5 Å². The van der Waals surface area contributed by atoms with Crippen molar-refractivity contribution in [1.82, 2.24) is 5.32 Å². The molecule has 0 aliphatic rings. The van der Waals surface area contributed by atoms with E-state index in [0.29, 0.717) is 6.42 Å². The van der Waals surface area contributed by atoms with Crippen molar-refractivity contribution in [3.63, 3.8) is 0 Å². The standard InChI is InChI=1S/C15H18F3NO3/c1-9-5-10(2)7-11(6-9)3-4-13(20)19-12(14(21)22)8-15(16,17)18/h5-7,12H,3-4,8H2,1-2H3,(H,19,20)(H,21,22). The van der Waals surface area contributed by atoms with Crippen LogP contribution in [0, 0.1) is 13.8 Å². The second-order valence-corrected chi connectivity index (χ2v) is 5.27. The van der Waals surface area contributed by atoms with Crippen LogP contribution in [0.2, 0.25) is 0 Å². The van der Waals surface area contributed by atoms with Crippen LogP contribution in [0.5, 0.6) is 0 Å². The van der Waals surface area contributed by atoms with Crippen LogP contribution in [0.4, 0.5) is 13.2 Å². The summed E-state index contributed by atoms with van der Waals surface area (Å²) < 4.78 is 36.7. The highest BCUT2D eigenvalue weighted by Gasteiger charge is 2.36. The van der Waals surface area contributed by atoms with E-state index in [1.54, 1.807) is 0 Å². The molecule has 1 aromatic carbocycles. The number of aliphatic carboxylic acids is 1. The number of rotatable bonds is 6. The van der Waals surface area contributed by atoms with Crippen LogP contribution in [0.1, 0.15) is 29.5 Å². The SMILES string of the molecule is Cc1cc(C)cc(CCC(=O)NC(CC(F)(F)F)C(=O)O)c1. The van der Waals surface area contributed by atoms with E-state index in [1.165, 1.54) is 0 Å². The number of benzene rings is 1. The van der Waals surface area contributed by atoms with Gasteiger partial charge in [0.1, 0.15) is 6.04 Å². The number of carboxylic acid groups (broad SMARTS) is 1. The zero-order chi connectivity index (χ0) is 16.9. The molecule has 0 aliphatic carbocycles. The van der Waals surface area contributed by atoms with Gasteiger partial charge < -0.3 is 10.4 Å². The van der Waals surface area contributed by atoms with Gasteiger partial charge >= 0.3 is 12.1 Å². The van der Waals surface area contributed by atoms with E-state index >= 15 is 0 Å². The molecule has 2 N–H and O–H groups in total. The molecule has 0 saturated heterocycles. The number of carbonyl (C=O) groups excluding carboxylic acids is 1. The predicted molar refractivity (Wildman–Crippen MR) is 74.5 cm³/mol. The van der Waals surface area contributed by atoms with Crippen molar-refractivity contribution in [3.05, 3.63) is 34.9 Å². The summed E-state index contributed by atoms with van der Waals surface area (Å²) in [6.07, 6.45) is -5.96. The number of alkyl halides is 3. The van der Waals surface area contributed by atoms with Crippen LogP contribution in [0.3, 0.4) is 0 Å². The molecule has 0 heterocycles. The molecule has 122 valence electrons. The lowest BCUT2D eigenvalue weighted by atomic mass is 10.0. The lowest BCUT2D eigenvalue weighted by Crippen LogP contribution is -2.43. The van der Waals surface area contributed by atoms with Crippen LogP contribution in [-0.4, -0.2) is 29.2 Å². The highest BCUT2D eigenvalue weighted by molar-refractivity contribution is 5.83. The van der Waals surface area contributed by atoms with Crippen LogP contribution in [0.25, 0.3) is 0 Å². The number of aryl methyl sites for hydroxylation is 3. The van der Waals surface area contributed by atoms with Gasteiger partial charge in [0.2, 0.25) is 5.91 Å². The van der Waals surface area contributed by atoms with Crippen LogP contribution >= 0.6 is 0 Å². The summed E-state index contributed by atoms with van der Waals surface area (Å²) >= 11 is 0. The highest BCUT2D eigenvalue weighted by Crippen LogP contribution is 2.21. The largest absolute Gasteiger partial charge is 0.480 e. The van der Waals surface area contributed by atoms with Crippen LogP contribution in [0.15, 0.2) is 18.2 Å². The van der Waals surface area contributed by atoms with E-state index in [4.69, 9.17) is 5.11 Å². The Kier molecular flexibility index (Phi) is 5.96. The van der Waals surface area contributed by atoms with Crippen molar-refractivity contribution < 1.29 is 27.9 Å². The number of amides is 1. The van der Waals surface area contributed by atoms with Crippen molar-refractivity contribution >= 4 is 11.9 Å². The number of hydrogen-bond acceptors (Lipinski definition) is 2. The summed E-state index contributed by atoms with van der Waals surface area (Å²) in [6, 6.07) is 3.77. The van der Waals surface area contributed by atoms with Gasteiger partial charge in [-0.15, -0.1) is 0 Å². The third-order valence-electron chi connectivity index (χ3n) is 2.99. The molecular formula is C15H18F3NO3. The number of carbonyl (C=O) groups is 2. The average molecular weight is 317 g/mol. The Hall–Kier alpha value is -2.05. The first-order valence-corrected chi connectivity index (χ1v) is 6.73. The minimum atomic E-state index is -4.65. The topological polar surface area (TPSA) is 66.4 Å². The van der Waals surface area contributed by atoms with Crippen molar-refractivity contribution in [2.24, 2.45) is 0 Å². The number of hydrogen-bond donors (Lipinski definition) is 2. The Bertz CT molecular complexity index is 535. The Labute approximate surface area is 126 Å². The normalized spacial score (nSPS) is 12.8. The molecule has 1 aromatic rings. The van der Waals surface area contributed by atoms with E-state index in [9.17, 15) is 22.8 Å². The first-order valence-electron chi connectivity index (χ1n) is 6.73. The van der Waals surface area contributed by atoms with Gasteiger partial charge in [0.05, 0.1) is 6.42 Å². The Morgan fingerprint density at radius 3 is 2.18 bits per heavy atom. The second-order valence-electron chi connectivity index (χ2n) is 5.27. The zero-order valence-electron chi connectivity index (χ0n) is 12.3. The smallest absolute Gasteiger partial charge is 0.391 e. The summed E-state index contributed by atoms with van der Waals surface area (Å²) in [6.45, 7) is 3.81. The Balaban J connectivity index is 2.58. The monoisotopic (exact) mass is 317 g/mol. The van der Waals surface area contributed by atoms with E-state index in [1.807, 2.05) is 37.4 Å². The molecule has 0 bridgehead atoms. The molecule has 1 unspecified atom stereocenters. The third kappa shape index (κ3) is 6.60. The first-order chi connectivity index (χ1) is 10.1. The lowest BCUT2D eigenvalue weighted by molar-refractivity contribution is -0.160. The van der Waals surface area contributed by atoms with E-state index in [0.717, 1.165) is 16.7 Å². The summed E-state index contributed by atoms with van der Waals surface area (Å²) in [5.41, 5.74) is 2.93. The molecule has 22 heavy (non-hydrogen) atoms. The fraction of sp³-hybridized carbons (Fsp3) is 0.467. The van der Waals surface area contributed by atoms with Gasteiger partial charge in [-0.1, -0.05) is 29.3 Å². The summed E-state index contributed by atoms with van der Waals surface area (Å²) in [7, 11) is 0. The highest BCUT2D eigenvalue weighted by atomic mass is 19.4. The van der Waals surface area contributed by atoms with Crippen molar-refractivity contribution in [2.75, 3.05) is 0 Å². The van der Waals surface area contributed by atoms with Gasteiger partial charge in [0.15, 0.2) is 0 Å². The van der Waals surface area contributed by atoms with Crippen molar-refractivity contribution in [1.29, 1.82) is 0 Å². The van der Waals surface area contributed by atoms with Crippen molar-refractivity contribution in [3.8, 4) is 0 Å². The number of carboxylic acids is 1. The first kappa shape index (κ1) is 18.0.